The Morgan fingerprint density at radius 1 is 1.11 bits per heavy atom. The van der Waals surface area contributed by atoms with Crippen LogP contribution in [0.1, 0.15) is 48.0 Å². The summed E-state index contributed by atoms with van der Waals surface area (Å²) in [6.07, 6.45) is 0.973. The Balaban J connectivity index is 2.19. The fourth-order valence-electron chi connectivity index (χ4n) is 3.06. The Kier molecular flexibility index (Phi) is 3.23. The normalized spacial score (nSPS) is 31.3. The summed E-state index contributed by atoms with van der Waals surface area (Å²) in [5.41, 5.74) is 3.24. The van der Waals surface area contributed by atoms with Crippen molar-refractivity contribution in [1.29, 1.82) is 0 Å². The van der Waals surface area contributed by atoms with Crippen molar-refractivity contribution < 1.29 is 4.79 Å². The Bertz CT molecular complexity index is 340. The SMILES string of the molecule is CC(C)(C)N1CCC2C(=O)NN(C(C)(C)C)C2C1. The third kappa shape index (κ3) is 2.41. The smallest absolute Gasteiger partial charge is 0.239 e. The first-order chi connectivity index (χ1) is 8.10. The van der Waals surface area contributed by atoms with E-state index in [0.717, 1.165) is 19.5 Å². The molecular formula is C14H27N3O. The van der Waals surface area contributed by atoms with Gasteiger partial charge in [0.25, 0.3) is 0 Å². The molecule has 18 heavy (non-hydrogen) atoms. The summed E-state index contributed by atoms with van der Waals surface area (Å²) < 4.78 is 0. The molecule has 0 bridgehead atoms. The molecule has 4 nitrogen and oxygen atoms in total. The molecule has 0 aliphatic carbocycles. The lowest BCUT2D eigenvalue weighted by atomic mass is 9.88. The molecule has 2 aliphatic rings. The predicted molar refractivity (Wildman–Crippen MR) is 73.0 cm³/mol. The van der Waals surface area contributed by atoms with Gasteiger partial charge in [-0.15, -0.1) is 0 Å². The highest BCUT2D eigenvalue weighted by Gasteiger charge is 2.48. The topological polar surface area (TPSA) is 35.6 Å². The Hall–Kier alpha value is -0.610. The van der Waals surface area contributed by atoms with E-state index in [-0.39, 0.29) is 22.9 Å². The van der Waals surface area contributed by atoms with Gasteiger partial charge in [-0.25, -0.2) is 5.01 Å². The molecule has 2 aliphatic heterocycles. The summed E-state index contributed by atoms with van der Waals surface area (Å²) in [6, 6.07) is 0.311. The van der Waals surface area contributed by atoms with Crippen LogP contribution in [-0.4, -0.2) is 46.0 Å². The van der Waals surface area contributed by atoms with Crippen molar-refractivity contribution in [3.05, 3.63) is 0 Å². The lowest BCUT2D eigenvalue weighted by Gasteiger charge is -2.46. The van der Waals surface area contributed by atoms with E-state index < -0.39 is 0 Å². The van der Waals surface area contributed by atoms with Crippen LogP contribution in [0.2, 0.25) is 0 Å². The number of nitrogens with zero attached hydrogens (tertiary/aromatic N) is 2. The number of nitrogens with one attached hydrogen (secondary N) is 1. The third-order valence-electron chi connectivity index (χ3n) is 4.15. The van der Waals surface area contributed by atoms with Crippen molar-refractivity contribution in [1.82, 2.24) is 15.3 Å². The van der Waals surface area contributed by atoms with Crippen molar-refractivity contribution in [2.75, 3.05) is 13.1 Å². The van der Waals surface area contributed by atoms with Gasteiger partial charge in [0, 0.05) is 17.6 Å². The van der Waals surface area contributed by atoms with Gasteiger partial charge in [-0.1, -0.05) is 0 Å². The molecule has 0 aromatic rings. The largest absolute Gasteiger partial charge is 0.297 e. The van der Waals surface area contributed by atoms with E-state index in [1.165, 1.54) is 0 Å². The number of piperidine rings is 1. The number of rotatable bonds is 0. The minimum Gasteiger partial charge on any atom is -0.297 e. The van der Waals surface area contributed by atoms with Crippen LogP contribution in [0, 0.1) is 5.92 Å². The lowest BCUT2D eigenvalue weighted by Crippen LogP contribution is -2.59. The molecule has 2 atom stereocenters. The summed E-state index contributed by atoms with van der Waals surface area (Å²) in [6.45, 7) is 15.2. The molecule has 104 valence electrons. The van der Waals surface area contributed by atoms with Crippen LogP contribution in [0.25, 0.3) is 0 Å². The second kappa shape index (κ2) is 4.20. The van der Waals surface area contributed by atoms with Gasteiger partial charge in [0.2, 0.25) is 5.91 Å². The van der Waals surface area contributed by atoms with Gasteiger partial charge in [0.05, 0.1) is 12.0 Å². The molecule has 2 rings (SSSR count). The summed E-state index contributed by atoms with van der Waals surface area (Å²) in [4.78, 5) is 14.5. The number of carbonyl (C=O) groups excluding carboxylic acids is 1. The first-order valence-corrected chi connectivity index (χ1v) is 6.95. The quantitative estimate of drug-likeness (QED) is 0.712. The van der Waals surface area contributed by atoms with Crippen molar-refractivity contribution >= 4 is 5.91 Å². The van der Waals surface area contributed by atoms with Crippen LogP contribution >= 0.6 is 0 Å². The molecule has 2 heterocycles. The fraction of sp³-hybridized carbons (Fsp3) is 0.929. The molecule has 1 N–H and O–H groups in total. The van der Waals surface area contributed by atoms with E-state index in [4.69, 9.17) is 0 Å². The third-order valence-corrected chi connectivity index (χ3v) is 4.15. The van der Waals surface area contributed by atoms with Crippen LogP contribution in [0.3, 0.4) is 0 Å². The summed E-state index contributed by atoms with van der Waals surface area (Å²) in [7, 11) is 0. The van der Waals surface area contributed by atoms with E-state index >= 15 is 0 Å². The van der Waals surface area contributed by atoms with E-state index in [1.54, 1.807) is 0 Å². The minimum absolute atomic E-state index is 0.0179. The van der Waals surface area contributed by atoms with Crippen LogP contribution in [-0.2, 0) is 4.79 Å². The number of carbonyl (C=O) groups is 1. The number of hydrazine groups is 1. The van der Waals surface area contributed by atoms with Crippen LogP contribution in [0.15, 0.2) is 0 Å². The Labute approximate surface area is 111 Å². The van der Waals surface area contributed by atoms with E-state index in [0.29, 0.717) is 6.04 Å². The highest BCUT2D eigenvalue weighted by atomic mass is 16.2. The molecule has 0 saturated carbocycles. The molecule has 1 amide bonds. The molecule has 4 heteroatoms. The average Bonchev–Trinajstić information content (AvgIpc) is 2.54. The molecular weight excluding hydrogens is 226 g/mol. The van der Waals surface area contributed by atoms with E-state index in [9.17, 15) is 4.79 Å². The number of hydrogen-bond acceptors (Lipinski definition) is 3. The minimum atomic E-state index is -0.0179. The van der Waals surface area contributed by atoms with E-state index in [1.807, 2.05) is 0 Å². The van der Waals surface area contributed by atoms with Crippen molar-refractivity contribution in [2.24, 2.45) is 5.92 Å². The van der Waals surface area contributed by atoms with Gasteiger partial charge in [-0.2, -0.15) is 0 Å². The summed E-state index contributed by atoms with van der Waals surface area (Å²) in [5, 5.41) is 2.16. The number of amides is 1. The maximum atomic E-state index is 12.1. The van der Waals surface area contributed by atoms with Gasteiger partial charge in [0.1, 0.15) is 0 Å². The highest BCUT2D eigenvalue weighted by Crippen LogP contribution is 2.33. The van der Waals surface area contributed by atoms with Gasteiger partial charge in [-0.3, -0.25) is 15.1 Å². The standard InChI is InChI=1S/C14H27N3O/c1-13(2,3)16-8-7-10-11(9-16)17(14(4,5)6)15-12(10)18/h10-11H,7-9H2,1-6H3,(H,15,18). The van der Waals surface area contributed by atoms with Crippen molar-refractivity contribution in [3.63, 3.8) is 0 Å². The summed E-state index contributed by atoms with van der Waals surface area (Å²) >= 11 is 0. The number of fused-ring (bicyclic) bond motifs is 1. The zero-order chi connectivity index (χ0) is 13.7. The highest BCUT2D eigenvalue weighted by molar-refractivity contribution is 5.81. The van der Waals surface area contributed by atoms with Gasteiger partial charge in [0.15, 0.2) is 0 Å². The van der Waals surface area contributed by atoms with Crippen LogP contribution < -0.4 is 5.43 Å². The van der Waals surface area contributed by atoms with Gasteiger partial charge >= 0.3 is 0 Å². The maximum Gasteiger partial charge on any atom is 0.239 e. The lowest BCUT2D eigenvalue weighted by molar-refractivity contribution is -0.124. The van der Waals surface area contributed by atoms with Gasteiger partial charge in [-0.05, 0) is 54.5 Å². The molecule has 0 radical (unpaired) electrons. The monoisotopic (exact) mass is 253 g/mol. The van der Waals surface area contributed by atoms with Crippen LogP contribution in [0.5, 0.6) is 0 Å². The molecule has 0 spiro atoms. The zero-order valence-electron chi connectivity index (χ0n) is 12.6. The molecule has 2 saturated heterocycles. The molecule has 2 fully saturated rings. The van der Waals surface area contributed by atoms with Crippen molar-refractivity contribution in [2.45, 2.75) is 65.1 Å². The Morgan fingerprint density at radius 3 is 2.22 bits per heavy atom. The van der Waals surface area contributed by atoms with Gasteiger partial charge < -0.3 is 0 Å². The maximum absolute atomic E-state index is 12.1. The first kappa shape index (κ1) is 13.8. The molecule has 2 unspecified atom stereocenters. The number of likely N-dealkylation sites (tertiary alicyclic amines) is 1. The Morgan fingerprint density at radius 2 is 1.72 bits per heavy atom. The molecule has 0 aromatic heterocycles. The molecule has 0 aromatic carbocycles. The summed E-state index contributed by atoms with van der Waals surface area (Å²) in [5.74, 6) is 0.381. The average molecular weight is 253 g/mol. The van der Waals surface area contributed by atoms with Crippen LogP contribution in [0.4, 0.5) is 0 Å². The first-order valence-electron chi connectivity index (χ1n) is 6.95. The van der Waals surface area contributed by atoms with E-state index in [2.05, 4.69) is 56.9 Å². The second-order valence-corrected chi connectivity index (χ2v) is 7.60. The number of hydrogen-bond donors (Lipinski definition) is 1. The van der Waals surface area contributed by atoms with Crippen molar-refractivity contribution in [3.8, 4) is 0 Å². The fourth-order valence-corrected chi connectivity index (χ4v) is 3.06. The second-order valence-electron chi connectivity index (χ2n) is 7.60. The predicted octanol–water partition coefficient (Wildman–Crippen LogP) is 1.62. The zero-order valence-corrected chi connectivity index (χ0v) is 12.6.